The summed E-state index contributed by atoms with van der Waals surface area (Å²) in [7, 11) is 0. The molecule has 0 saturated heterocycles. The summed E-state index contributed by atoms with van der Waals surface area (Å²) >= 11 is 0. The van der Waals surface area contributed by atoms with E-state index in [-0.39, 0.29) is 5.56 Å². The van der Waals surface area contributed by atoms with E-state index in [0.29, 0.717) is 21.9 Å². The van der Waals surface area contributed by atoms with Crippen LogP contribution in [0.25, 0.3) is 10.8 Å². The van der Waals surface area contributed by atoms with E-state index in [1.54, 1.807) is 30.3 Å². The largest absolute Gasteiger partial charge is 0.206 e. The zero-order valence-corrected chi connectivity index (χ0v) is 16.8. The molecule has 0 fully saturated rings. The lowest BCUT2D eigenvalue weighted by Crippen LogP contribution is -1.87. The summed E-state index contributed by atoms with van der Waals surface area (Å²) in [5.74, 6) is 9.39. The molecule has 0 nitrogen and oxygen atoms in total. The molecular weight excluding hydrogens is 393 g/mol. The van der Waals surface area contributed by atoms with E-state index in [9.17, 15) is 13.2 Å². The SMILES string of the molecule is CCc1ccc(C#Cc2ccc(C#Cc3ccc4cc(F)c(F)cc4c3)c(F)c2)cc1. The van der Waals surface area contributed by atoms with E-state index in [0.717, 1.165) is 24.1 Å². The molecule has 0 N–H and O–H groups in total. The van der Waals surface area contributed by atoms with Crippen LogP contribution in [-0.4, -0.2) is 0 Å². The standard InChI is InChI=1S/C28H17F3/c1-2-19-3-5-20(6-4-19)7-8-22-10-13-23(26(29)16-22)12-9-21-11-14-24-17-27(30)28(31)18-25(24)15-21/h3-6,10-11,13-18H,2H2,1H3. The van der Waals surface area contributed by atoms with Crippen LogP contribution >= 0.6 is 0 Å². The third-order valence-corrected chi connectivity index (χ3v) is 4.90. The van der Waals surface area contributed by atoms with Gasteiger partial charge in [-0.2, -0.15) is 0 Å². The molecule has 0 aliphatic heterocycles. The summed E-state index contributed by atoms with van der Waals surface area (Å²) < 4.78 is 41.2. The van der Waals surface area contributed by atoms with Crippen LogP contribution in [0.1, 0.15) is 34.7 Å². The molecule has 0 spiro atoms. The molecule has 3 heteroatoms. The molecule has 4 aromatic rings. The quantitative estimate of drug-likeness (QED) is 0.309. The molecule has 31 heavy (non-hydrogen) atoms. The predicted octanol–water partition coefficient (Wildman–Crippen LogP) is 6.62. The van der Waals surface area contributed by atoms with Gasteiger partial charge in [0.15, 0.2) is 11.6 Å². The minimum atomic E-state index is -0.915. The third-order valence-electron chi connectivity index (χ3n) is 4.90. The lowest BCUT2D eigenvalue weighted by Gasteiger charge is -2.00. The van der Waals surface area contributed by atoms with Gasteiger partial charge in [0.25, 0.3) is 0 Å². The van der Waals surface area contributed by atoms with Crippen molar-refractivity contribution >= 4 is 10.8 Å². The summed E-state index contributed by atoms with van der Waals surface area (Å²) in [6, 6.07) is 19.9. The fraction of sp³-hybridized carbons (Fsp3) is 0.0714. The van der Waals surface area contributed by atoms with Gasteiger partial charge in [-0.1, -0.05) is 48.8 Å². The van der Waals surface area contributed by atoms with Crippen molar-refractivity contribution in [3.8, 4) is 23.7 Å². The number of rotatable bonds is 1. The second kappa shape index (κ2) is 8.82. The van der Waals surface area contributed by atoms with Crippen LogP contribution in [0.3, 0.4) is 0 Å². The maximum Gasteiger partial charge on any atom is 0.159 e. The van der Waals surface area contributed by atoms with Crippen molar-refractivity contribution in [3.05, 3.63) is 118 Å². The van der Waals surface area contributed by atoms with Crippen molar-refractivity contribution < 1.29 is 13.2 Å². The molecule has 0 bridgehead atoms. The Morgan fingerprint density at radius 2 is 1.13 bits per heavy atom. The average molecular weight is 410 g/mol. The second-order valence-corrected chi connectivity index (χ2v) is 7.07. The highest BCUT2D eigenvalue weighted by molar-refractivity contribution is 5.84. The van der Waals surface area contributed by atoms with Crippen LogP contribution < -0.4 is 0 Å². The van der Waals surface area contributed by atoms with Gasteiger partial charge in [-0.15, -0.1) is 0 Å². The van der Waals surface area contributed by atoms with Gasteiger partial charge >= 0.3 is 0 Å². The van der Waals surface area contributed by atoms with Gasteiger partial charge in [-0.3, -0.25) is 0 Å². The Balaban J connectivity index is 1.56. The molecule has 0 aromatic heterocycles. The average Bonchev–Trinajstić information content (AvgIpc) is 2.78. The highest BCUT2D eigenvalue weighted by Gasteiger charge is 2.04. The Labute approximate surface area is 179 Å². The number of benzene rings is 4. The van der Waals surface area contributed by atoms with E-state index in [2.05, 4.69) is 30.6 Å². The number of halogens is 3. The molecule has 0 heterocycles. The zero-order chi connectivity index (χ0) is 21.8. The van der Waals surface area contributed by atoms with Crippen molar-refractivity contribution in [1.82, 2.24) is 0 Å². The lowest BCUT2D eigenvalue weighted by atomic mass is 10.1. The maximum absolute atomic E-state index is 14.5. The smallest absolute Gasteiger partial charge is 0.159 e. The summed E-state index contributed by atoms with van der Waals surface area (Å²) in [4.78, 5) is 0. The van der Waals surface area contributed by atoms with E-state index < -0.39 is 17.5 Å². The Bertz CT molecular complexity index is 1390. The summed E-state index contributed by atoms with van der Waals surface area (Å²) in [6.45, 7) is 2.09. The third kappa shape index (κ3) is 4.80. The van der Waals surface area contributed by atoms with Gasteiger partial charge in [0, 0.05) is 16.7 Å². The number of hydrogen-bond donors (Lipinski definition) is 0. The molecule has 0 unspecified atom stereocenters. The molecule has 4 rings (SSSR count). The van der Waals surface area contributed by atoms with Gasteiger partial charge in [0.05, 0.1) is 5.56 Å². The van der Waals surface area contributed by atoms with Gasteiger partial charge in [0.2, 0.25) is 0 Å². The predicted molar refractivity (Wildman–Crippen MR) is 118 cm³/mol. The van der Waals surface area contributed by atoms with Crippen LogP contribution in [0.15, 0.2) is 72.8 Å². The monoisotopic (exact) mass is 410 g/mol. The molecule has 150 valence electrons. The summed E-state index contributed by atoms with van der Waals surface area (Å²) in [5.41, 5.74) is 3.49. The van der Waals surface area contributed by atoms with Gasteiger partial charge in [-0.25, -0.2) is 13.2 Å². The minimum Gasteiger partial charge on any atom is -0.206 e. The van der Waals surface area contributed by atoms with Crippen molar-refractivity contribution in [1.29, 1.82) is 0 Å². The van der Waals surface area contributed by atoms with Crippen molar-refractivity contribution in [3.63, 3.8) is 0 Å². The first-order valence-electron chi connectivity index (χ1n) is 9.83. The molecule has 0 aliphatic rings. The maximum atomic E-state index is 14.5. The van der Waals surface area contributed by atoms with E-state index >= 15 is 0 Å². The summed E-state index contributed by atoms with van der Waals surface area (Å²) in [6.07, 6.45) is 0.968. The Kier molecular flexibility index (Phi) is 5.78. The second-order valence-electron chi connectivity index (χ2n) is 7.07. The van der Waals surface area contributed by atoms with Crippen molar-refractivity contribution in [2.24, 2.45) is 0 Å². The topological polar surface area (TPSA) is 0 Å². The van der Waals surface area contributed by atoms with Gasteiger partial charge in [0.1, 0.15) is 5.82 Å². The normalized spacial score (nSPS) is 10.2. The lowest BCUT2D eigenvalue weighted by molar-refractivity contribution is 0.511. The molecule has 0 aliphatic carbocycles. The summed E-state index contributed by atoms with van der Waals surface area (Å²) in [5, 5.41) is 1.10. The van der Waals surface area contributed by atoms with Crippen LogP contribution in [0.5, 0.6) is 0 Å². The van der Waals surface area contributed by atoms with Crippen LogP contribution in [0.2, 0.25) is 0 Å². The first-order chi connectivity index (χ1) is 15.0. The van der Waals surface area contributed by atoms with Gasteiger partial charge in [-0.05, 0) is 77.4 Å². The zero-order valence-electron chi connectivity index (χ0n) is 16.8. The number of hydrogen-bond acceptors (Lipinski definition) is 0. The van der Waals surface area contributed by atoms with E-state index in [1.165, 1.54) is 11.6 Å². The van der Waals surface area contributed by atoms with Crippen LogP contribution in [-0.2, 0) is 6.42 Å². The number of aryl methyl sites for hydroxylation is 1. The van der Waals surface area contributed by atoms with Gasteiger partial charge < -0.3 is 0 Å². The Hall–Kier alpha value is -3.95. The highest BCUT2D eigenvalue weighted by atomic mass is 19.2. The molecular formula is C28H17F3. The molecule has 0 atom stereocenters. The molecule has 0 saturated carbocycles. The fourth-order valence-corrected chi connectivity index (χ4v) is 3.12. The number of fused-ring (bicyclic) bond motifs is 1. The van der Waals surface area contributed by atoms with E-state index in [4.69, 9.17) is 0 Å². The van der Waals surface area contributed by atoms with Crippen molar-refractivity contribution in [2.75, 3.05) is 0 Å². The minimum absolute atomic E-state index is 0.239. The highest BCUT2D eigenvalue weighted by Crippen LogP contribution is 2.20. The Morgan fingerprint density at radius 1 is 0.548 bits per heavy atom. The fourth-order valence-electron chi connectivity index (χ4n) is 3.12. The van der Waals surface area contributed by atoms with Crippen LogP contribution in [0, 0.1) is 41.1 Å². The van der Waals surface area contributed by atoms with Crippen LogP contribution in [0.4, 0.5) is 13.2 Å². The Morgan fingerprint density at radius 3 is 1.84 bits per heavy atom. The molecule has 0 radical (unpaired) electrons. The first-order valence-corrected chi connectivity index (χ1v) is 9.83. The first kappa shape index (κ1) is 20.3. The van der Waals surface area contributed by atoms with Crippen molar-refractivity contribution in [2.45, 2.75) is 13.3 Å². The molecule has 0 amide bonds. The molecule has 4 aromatic carbocycles. The van der Waals surface area contributed by atoms with E-state index in [1.807, 2.05) is 24.3 Å².